The minimum absolute atomic E-state index is 1.03. The molecule has 0 heterocycles. The maximum absolute atomic E-state index is 2.36. The average Bonchev–Trinajstić information content (AvgIpc) is 0.787. The van der Waals surface area contributed by atoms with E-state index in [9.17, 15) is 0 Å². The third-order valence-electron chi connectivity index (χ3n) is 18.9. The number of anilines is 18. The van der Waals surface area contributed by atoms with Crippen LogP contribution in [0.3, 0.4) is 0 Å². The summed E-state index contributed by atoms with van der Waals surface area (Å²) in [5.74, 6) is 0. The van der Waals surface area contributed by atoms with E-state index in [-0.39, 0.29) is 0 Å². The van der Waals surface area contributed by atoms with Crippen molar-refractivity contribution in [3.63, 3.8) is 0 Å². The lowest BCUT2D eigenvalue weighted by molar-refractivity contribution is 1.24. The maximum Gasteiger partial charge on any atom is 0.0468 e. The normalized spacial score (nSPS) is 11.2. The van der Waals surface area contributed by atoms with Gasteiger partial charge in [-0.15, -0.1) is 0 Å². The van der Waals surface area contributed by atoms with E-state index in [1.807, 2.05) is 0 Å². The topological polar surface area (TPSA) is 19.4 Å². The predicted molar refractivity (Wildman–Crippen MR) is 425 cm³/mol. The molecular weight excluding hydrogens is 1210 g/mol. The Balaban J connectivity index is 0.676. The van der Waals surface area contributed by atoms with Gasteiger partial charge in [0.05, 0.1) is 0 Å². The Hall–Kier alpha value is -13.4. The van der Waals surface area contributed by atoms with Crippen LogP contribution in [0.4, 0.5) is 102 Å². The van der Waals surface area contributed by atoms with E-state index in [2.05, 4.69) is 442 Å². The highest BCUT2D eigenvalue weighted by Crippen LogP contribution is 2.46. The third kappa shape index (κ3) is 12.1. The van der Waals surface area contributed by atoms with Gasteiger partial charge in [-0.1, -0.05) is 194 Å². The van der Waals surface area contributed by atoms with Crippen LogP contribution in [-0.4, -0.2) is 0 Å². The van der Waals surface area contributed by atoms with Gasteiger partial charge in [-0.05, 0) is 261 Å². The number of nitrogens with zero attached hydrogens (tertiary/aromatic N) is 6. The van der Waals surface area contributed by atoms with E-state index in [1.54, 1.807) is 0 Å². The summed E-state index contributed by atoms with van der Waals surface area (Å²) in [4.78, 5) is 14.1. The van der Waals surface area contributed by atoms with E-state index in [1.165, 1.54) is 43.1 Å². The first kappa shape index (κ1) is 60.3. The van der Waals surface area contributed by atoms with Crippen LogP contribution >= 0.6 is 0 Å². The van der Waals surface area contributed by atoms with Gasteiger partial charge in [0.1, 0.15) is 0 Å². The van der Waals surface area contributed by atoms with Crippen molar-refractivity contribution in [2.45, 2.75) is 0 Å². The molecule has 0 bridgehead atoms. The molecule has 0 atom stereocenters. The molecule has 0 aliphatic rings. The number of hydrogen-bond donors (Lipinski definition) is 0. The predicted octanol–water partition coefficient (Wildman–Crippen LogP) is 27.1. The van der Waals surface area contributed by atoms with Crippen LogP contribution in [0.1, 0.15) is 0 Å². The molecule has 17 rings (SSSR count). The molecule has 17 aromatic carbocycles. The molecule has 6 nitrogen and oxygen atoms in total. The fourth-order valence-corrected chi connectivity index (χ4v) is 14.0. The summed E-state index contributed by atoms with van der Waals surface area (Å²) < 4.78 is 0. The molecule has 0 radical (unpaired) electrons. The quantitative estimate of drug-likeness (QED) is 0.0847. The lowest BCUT2D eigenvalue weighted by atomic mass is 10.1. The number of para-hydroxylation sites is 4. The van der Waals surface area contributed by atoms with E-state index in [0.29, 0.717) is 0 Å². The second kappa shape index (κ2) is 27.0. The zero-order valence-electron chi connectivity index (χ0n) is 54.9. The van der Waals surface area contributed by atoms with Crippen LogP contribution in [0.25, 0.3) is 43.1 Å². The van der Waals surface area contributed by atoms with Crippen molar-refractivity contribution in [1.29, 1.82) is 0 Å². The van der Waals surface area contributed by atoms with Gasteiger partial charge in [0.15, 0.2) is 0 Å². The number of fused-ring (bicyclic) bond motifs is 4. The van der Waals surface area contributed by atoms with Crippen LogP contribution in [-0.2, 0) is 0 Å². The van der Waals surface area contributed by atoms with E-state index in [4.69, 9.17) is 0 Å². The summed E-state index contributed by atoms with van der Waals surface area (Å²) in [5, 5.41) is 9.64. The molecule has 6 heteroatoms. The zero-order chi connectivity index (χ0) is 66.6. The van der Waals surface area contributed by atoms with Crippen molar-refractivity contribution in [3.8, 4) is 0 Å². The van der Waals surface area contributed by atoms with Crippen molar-refractivity contribution >= 4 is 145 Å². The first-order valence-corrected chi connectivity index (χ1v) is 34.0. The molecule has 0 aliphatic heterocycles. The van der Waals surface area contributed by atoms with Crippen molar-refractivity contribution in [2.24, 2.45) is 0 Å². The van der Waals surface area contributed by atoms with Crippen molar-refractivity contribution in [2.75, 3.05) is 29.4 Å². The average molecular weight is 1280 g/mol. The molecule has 474 valence electrons. The SMILES string of the molecule is c1ccc(N(c2ccc(N(c3ccccc3)c3ccc(N(c4ccccc4)c4ccc(N(c5ccc6ccccc6c5)c5ccc6ccccc6c5)cc4)cc3)cc2)c2ccc(N(c3ccccc3)c3ccc(N(c4ccc5ccccc5c4)c4ccc5ccccc5c4)cc3)cc2)cc1. The van der Waals surface area contributed by atoms with Gasteiger partial charge in [-0.3, -0.25) is 0 Å². The lowest BCUT2D eigenvalue weighted by Gasteiger charge is -2.30. The minimum Gasteiger partial charge on any atom is -0.311 e. The number of hydrogen-bond acceptors (Lipinski definition) is 6. The highest BCUT2D eigenvalue weighted by Gasteiger charge is 2.23. The summed E-state index contributed by atoms with van der Waals surface area (Å²) >= 11 is 0. The molecule has 0 aromatic heterocycles. The standard InChI is InChI=1S/C94H68N6/c1-5-29-77(30-6-1)95(83-49-53-85(54-50-83)97(79-33-9-3-10-34-79)87-57-61-89(62-58-87)99(91-41-37-69-21-13-17-25-73(69)65-91)92-42-38-70-22-14-18-26-74(70)66-92)81-45-47-82(48-46-81)96(78-31-7-2-8-32-78)84-51-55-86(56-52-84)98(80-35-11-4-12-36-80)88-59-63-90(64-60-88)100(93-43-39-71-23-15-19-27-75(71)67-93)94-44-40-72-24-16-20-28-76(72)68-94/h1-68H. The molecular formula is C94H68N6. The smallest absolute Gasteiger partial charge is 0.0468 e. The fourth-order valence-electron chi connectivity index (χ4n) is 14.0. The van der Waals surface area contributed by atoms with Crippen molar-refractivity contribution in [1.82, 2.24) is 0 Å². The summed E-state index contributed by atoms with van der Waals surface area (Å²) in [6.45, 7) is 0. The Morgan fingerprint density at radius 2 is 0.210 bits per heavy atom. The van der Waals surface area contributed by atoms with Crippen LogP contribution in [0.15, 0.2) is 413 Å². The molecule has 0 unspecified atom stereocenters. The summed E-state index contributed by atoms with van der Waals surface area (Å²) in [6, 6.07) is 149. The van der Waals surface area contributed by atoms with Crippen LogP contribution in [0.2, 0.25) is 0 Å². The minimum atomic E-state index is 1.03. The molecule has 0 N–H and O–H groups in total. The summed E-state index contributed by atoms with van der Waals surface area (Å²) in [6.07, 6.45) is 0. The first-order chi connectivity index (χ1) is 49.6. The van der Waals surface area contributed by atoms with Crippen molar-refractivity contribution in [3.05, 3.63) is 413 Å². The molecule has 0 amide bonds. The Kier molecular flexibility index (Phi) is 16.3. The second-order valence-corrected chi connectivity index (χ2v) is 25.1. The highest BCUT2D eigenvalue weighted by atomic mass is 15.2. The number of rotatable bonds is 18. The Morgan fingerprint density at radius 1 is 0.0900 bits per heavy atom. The molecule has 0 spiro atoms. The van der Waals surface area contributed by atoms with Gasteiger partial charge in [-0.2, -0.15) is 0 Å². The second-order valence-electron chi connectivity index (χ2n) is 25.1. The van der Waals surface area contributed by atoms with Gasteiger partial charge in [0.25, 0.3) is 0 Å². The Morgan fingerprint density at radius 3 is 0.380 bits per heavy atom. The lowest BCUT2D eigenvalue weighted by Crippen LogP contribution is -2.14. The molecule has 0 fully saturated rings. The van der Waals surface area contributed by atoms with Gasteiger partial charge >= 0.3 is 0 Å². The third-order valence-corrected chi connectivity index (χ3v) is 18.9. The largest absolute Gasteiger partial charge is 0.311 e. The van der Waals surface area contributed by atoms with E-state index in [0.717, 1.165) is 102 Å². The van der Waals surface area contributed by atoms with Gasteiger partial charge in [0, 0.05) is 102 Å². The van der Waals surface area contributed by atoms with E-state index < -0.39 is 0 Å². The fraction of sp³-hybridized carbons (Fsp3) is 0. The molecule has 0 aliphatic carbocycles. The first-order valence-electron chi connectivity index (χ1n) is 34.0. The maximum atomic E-state index is 2.36. The molecule has 17 aromatic rings. The van der Waals surface area contributed by atoms with Crippen LogP contribution in [0.5, 0.6) is 0 Å². The van der Waals surface area contributed by atoms with Crippen LogP contribution < -0.4 is 29.4 Å². The number of benzene rings is 17. The molecule has 100 heavy (non-hydrogen) atoms. The highest BCUT2D eigenvalue weighted by molar-refractivity contribution is 5.96. The Labute approximate surface area is 583 Å². The van der Waals surface area contributed by atoms with Gasteiger partial charge in [0.2, 0.25) is 0 Å². The monoisotopic (exact) mass is 1280 g/mol. The summed E-state index contributed by atoms with van der Waals surface area (Å²) in [7, 11) is 0. The zero-order valence-corrected chi connectivity index (χ0v) is 54.9. The van der Waals surface area contributed by atoms with Crippen molar-refractivity contribution < 1.29 is 0 Å². The van der Waals surface area contributed by atoms with E-state index >= 15 is 0 Å². The van der Waals surface area contributed by atoms with Crippen LogP contribution in [0, 0.1) is 0 Å². The summed E-state index contributed by atoms with van der Waals surface area (Å²) in [5.41, 5.74) is 19.1. The molecule has 0 saturated carbocycles. The van der Waals surface area contributed by atoms with Gasteiger partial charge in [-0.25, -0.2) is 0 Å². The molecule has 0 saturated heterocycles. The Bertz CT molecular complexity index is 5150. The van der Waals surface area contributed by atoms with Gasteiger partial charge < -0.3 is 29.4 Å².